The minimum atomic E-state index is 0.0666. The molecule has 1 atom stereocenters. The zero-order valence-electron chi connectivity index (χ0n) is 17.5. The Labute approximate surface area is 177 Å². The van der Waals surface area contributed by atoms with Gasteiger partial charge in [-0.15, -0.1) is 0 Å². The first-order valence-electron chi connectivity index (χ1n) is 11.1. The normalized spacial score (nSPS) is 19.5. The molecule has 1 aliphatic heterocycles. The number of carbonyl (C=O) groups excluding carboxylic acids is 1. The molecule has 5 rings (SSSR count). The smallest absolute Gasteiger partial charge is 0.226 e. The summed E-state index contributed by atoms with van der Waals surface area (Å²) in [6, 6.07) is 16.8. The summed E-state index contributed by atoms with van der Waals surface area (Å²) < 4.78 is 0. The Morgan fingerprint density at radius 3 is 2.63 bits per heavy atom. The maximum atomic E-state index is 13.0. The highest BCUT2D eigenvalue weighted by Crippen LogP contribution is 2.31. The van der Waals surface area contributed by atoms with Gasteiger partial charge in [-0.25, -0.2) is 9.97 Å². The van der Waals surface area contributed by atoms with E-state index < -0.39 is 0 Å². The van der Waals surface area contributed by atoms with Crippen molar-refractivity contribution in [2.45, 2.75) is 45.1 Å². The minimum absolute atomic E-state index is 0.0666. The van der Waals surface area contributed by atoms with E-state index in [1.54, 1.807) is 0 Å². The van der Waals surface area contributed by atoms with Crippen molar-refractivity contribution in [3.05, 3.63) is 65.4 Å². The van der Waals surface area contributed by atoms with Crippen LogP contribution in [0.5, 0.6) is 0 Å². The Kier molecular flexibility index (Phi) is 5.11. The molecule has 154 valence electrons. The van der Waals surface area contributed by atoms with Crippen molar-refractivity contribution in [2.75, 3.05) is 18.0 Å². The maximum absolute atomic E-state index is 13.0. The number of amides is 1. The number of para-hydroxylation sites is 1. The predicted octanol–water partition coefficient (Wildman–Crippen LogP) is 4.35. The van der Waals surface area contributed by atoms with Crippen LogP contribution < -0.4 is 10.2 Å². The molecule has 2 aliphatic rings. The fourth-order valence-electron chi connectivity index (χ4n) is 4.90. The minimum Gasteiger partial charge on any atom is -0.349 e. The van der Waals surface area contributed by atoms with E-state index in [0.717, 1.165) is 67.7 Å². The number of nitrogens with one attached hydrogen (secondary N) is 1. The number of aryl methyl sites for hydroxylation is 2. The largest absolute Gasteiger partial charge is 0.349 e. The molecule has 2 heterocycles. The molecule has 1 amide bonds. The number of anilines is 1. The summed E-state index contributed by atoms with van der Waals surface area (Å²) in [5, 5.41) is 4.44. The summed E-state index contributed by atoms with van der Waals surface area (Å²) >= 11 is 0. The summed E-state index contributed by atoms with van der Waals surface area (Å²) in [6.07, 6.45) is 4.97. The van der Waals surface area contributed by atoms with E-state index in [1.165, 1.54) is 11.1 Å². The molecule has 5 nitrogen and oxygen atoms in total. The van der Waals surface area contributed by atoms with Crippen LogP contribution in [0.15, 0.2) is 48.5 Å². The fourth-order valence-corrected chi connectivity index (χ4v) is 4.90. The number of piperidine rings is 1. The molecule has 30 heavy (non-hydrogen) atoms. The summed E-state index contributed by atoms with van der Waals surface area (Å²) in [6.45, 7) is 3.67. The van der Waals surface area contributed by atoms with E-state index in [1.807, 2.05) is 25.1 Å². The van der Waals surface area contributed by atoms with Crippen LogP contribution in [0, 0.1) is 12.8 Å². The third-order valence-electron chi connectivity index (χ3n) is 6.62. The molecule has 3 aromatic rings. The Morgan fingerprint density at radius 1 is 1.00 bits per heavy atom. The molecule has 1 saturated heterocycles. The Morgan fingerprint density at radius 2 is 1.77 bits per heavy atom. The van der Waals surface area contributed by atoms with Crippen LogP contribution in [0.3, 0.4) is 0 Å². The number of hydrogen-bond donors (Lipinski definition) is 1. The van der Waals surface area contributed by atoms with Crippen molar-refractivity contribution in [1.82, 2.24) is 15.3 Å². The topological polar surface area (TPSA) is 58.1 Å². The molecule has 0 saturated carbocycles. The first kappa shape index (κ1) is 19.0. The first-order valence-corrected chi connectivity index (χ1v) is 11.1. The zero-order valence-corrected chi connectivity index (χ0v) is 17.5. The van der Waals surface area contributed by atoms with Gasteiger partial charge in [-0.3, -0.25) is 4.79 Å². The van der Waals surface area contributed by atoms with Crippen LogP contribution >= 0.6 is 0 Å². The van der Waals surface area contributed by atoms with Crippen LogP contribution in [0.4, 0.5) is 5.95 Å². The summed E-state index contributed by atoms with van der Waals surface area (Å²) in [5.41, 5.74) is 4.67. The molecule has 0 radical (unpaired) electrons. The average molecular weight is 401 g/mol. The van der Waals surface area contributed by atoms with Gasteiger partial charge in [0.2, 0.25) is 11.9 Å². The lowest BCUT2D eigenvalue weighted by Crippen LogP contribution is -2.42. The van der Waals surface area contributed by atoms with Crippen molar-refractivity contribution < 1.29 is 4.79 Å². The van der Waals surface area contributed by atoms with Gasteiger partial charge in [-0.05, 0) is 56.2 Å². The van der Waals surface area contributed by atoms with Crippen molar-refractivity contribution in [3.8, 4) is 0 Å². The monoisotopic (exact) mass is 400 g/mol. The van der Waals surface area contributed by atoms with Gasteiger partial charge in [-0.2, -0.15) is 0 Å². The predicted molar refractivity (Wildman–Crippen MR) is 119 cm³/mol. The van der Waals surface area contributed by atoms with Crippen LogP contribution in [-0.4, -0.2) is 29.0 Å². The van der Waals surface area contributed by atoms with Crippen molar-refractivity contribution in [1.29, 1.82) is 0 Å². The molecule has 5 heteroatoms. The Balaban J connectivity index is 1.24. The molecule has 0 bridgehead atoms. The number of carbonyl (C=O) groups is 1. The highest BCUT2D eigenvalue weighted by atomic mass is 16.1. The summed E-state index contributed by atoms with van der Waals surface area (Å²) in [7, 11) is 0. The van der Waals surface area contributed by atoms with E-state index >= 15 is 0 Å². The zero-order chi connectivity index (χ0) is 20.5. The number of aromatic nitrogens is 2. The van der Waals surface area contributed by atoms with Gasteiger partial charge in [0, 0.05) is 24.4 Å². The molecular weight excluding hydrogens is 372 g/mol. The molecule has 1 fully saturated rings. The lowest BCUT2D eigenvalue weighted by atomic mass is 9.87. The Bertz CT molecular complexity index is 1070. The lowest BCUT2D eigenvalue weighted by molar-refractivity contribution is -0.126. The van der Waals surface area contributed by atoms with Gasteiger partial charge >= 0.3 is 0 Å². The quantitative estimate of drug-likeness (QED) is 0.710. The molecule has 1 unspecified atom stereocenters. The van der Waals surface area contributed by atoms with Crippen molar-refractivity contribution in [3.63, 3.8) is 0 Å². The first-order chi connectivity index (χ1) is 14.7. The second kappa shape index (κ2) is 8.05. The number of rotatable bonds is 3. The van der Waals surface area contributed by atoms with Crippen molar-refractivity contribution >= 4 is 22.8 Å². The lowest BCUT2D eigenvalue weighted by Gasteiger charge is -2.33. The molecular formula is C25H28N4O. The average Bonchev–Trinajstić information content (AvgIpc) is 2.79. The van der Waals surface area contributed by atoms with Gasteiger partial charge in [0.15, 0.2) is 0 Å². The van der Waals surface area contributed by atoms with Gasteiger partial charge in [0.05, 0.1) is 17.3 Å². The second-order valence-corrected chi connectivity index (χ2v) is 8.54. The third-order valence-corrected chi connectivity index (χ3v) is 6.62. The third kappa shape index (κ3) is 3.64. The van der Waals surface area contributed by atoms with Crippen LogP contribution in [0.2, 0.25) is 0 Å². The molecule has 2 aromatic carbocycles. The Hall–Kier alpha value is -2.95. The standard InChI is InChI=1S/C25H28N4O/c1-17-20-9-4-5-11-22(20)28-25(26-17)29-15-13-19(14-16-29)24(30)27-23-12-6-8-18-7-2-3-10-21(18)23/h2-5,7,9-11,19,23H,6,8,12-16H2,1H3,(H,27,30). The van der Waals surface area contributed by atoms with E-state index in [9.17, 15) is 4.79 Å². The fraction of sp³-hybridized carbons (Fsp3) is 0.400. The molecule has 0 spiro atoms. The van der Waals surface area contributed by atoms with E-state index in [0.29, 0.717) is 0 Å². The number of benzene rings is 2. The van der Waals surface area contributed by atoms with Crippen LogP contribution in [-0.2, 0) is 11.2 Å². The number of nitrogens with zero attached hydrogens (tertiary/aromatic N) is 3. The number of fused-ring (bicyclic) bond motifs is 2. The van der Waals surface area contributed by atoms with Gasteiger partial charge in [-0.1, -0.05) is 42.5 Å². The van der Waals surface area contributed by atoms with E-state index in [4.69, 9.17) is 9.97 Å². The van der Waals surface area contributed by atoms with E-state index in [-0.39, 0.29) is 17.9 Å². The second-order valence-electron chi connectivity index (χ2n) is 8.54. The number of hydrogen-bond acceptors (Lipinski definition) is 4. The van der Waals surface area contributed by atoms with Gasteiger partial charge < -0.3 is 10.2 Å². The molecule has 1 aliphatic carbocycles. The highest BCUT2D eigenvalue weighted by Gasteiger charge is 2.29. The summed E-state index contributed by atoms with van der Waals surface area (Å²) in [5.74, 6) is 1.05. The van der Waals surface area contributed by atoms with Gasteiger partial charge in [0.25, 0.3) is 0 Å². The van der Waals surface area contributed by atoms with Crippen molar-refractivity contribution in [2.24, 2.45) is 5.92 Å². The maximum Gasteiger partial charge on any atom is 0.226 e. The van der Waals surface area contributed by atoms with Gasteiger partial charge in [0.1, 0.15) is 0 Å². The SMILES string of the molecule is Cc1nc(N2CCC(C(=O)NC3CCCc4ccccc43)CC2)nc2ccccc12. The highest BCUT2D eigenvalue weighted by molar-refractivity contribution is 5.82. The van der Waals surface area contributed by atoms with E-state index in [2.05, 4.69) is 40.5 Å². The molecule has 1 N–H and O–H groups in total. The summed E-state index contributed by atoms with van der Waals surface area (Å²) in [4.78, 5) is 24.7. The van der Waals surface area contributed by atoms with Crippen LogP contribution in [0.1, 0.15) is 48.5 Å². The molecule has 1 aromatic heterocycles. The van der Waals surface area contributed by atoms with Crippen LogP contribution in [0.25, 0.3) is 10.9 Å².